The number of nitrogens with zero attached hydrogens (tertiary/aromatic N) is 3. The van der Waals surface area contributed by atoms with Crippen molar-refractivity contribution in [2.75, 3.05) is 0 Å². The number of fused-ring (bicyclic) bond motifs is 1. The van der Waals surface area contributed by atoms with Crippen molar-refractivity contribution in [1.82, 2.24) is 14.8 Å². The van der Waals surface area contributed by atoms with Crippen molar-refractivity contribution in [3.63, 3.8) is 0 Å². The molecule has 2 aromatic rings. The van der Waals surface area contributed by atoms with E-state index >= 15 is 0 Å². The van der Waals surface area contributed by atoms with Crippen molar-refractivity contribution >= 4 is 6.29 Å². The fraction of sp³-hybridized carbons (Fsp3) is 0.308. The first kappa shape index (κ1) is 10.2. The summed E-state index contributed by atoms with van der Waals surface area (Å²) in [6.07, 6.45) is 4.53. The molecule has 1 aliphatic rings. The predicted molar refractivity (Wildman–Crippen MR) is 62.9 cm³/mol. The number of carbonyl (C=O) groups excluding carboxylic acids is 1. The molecule has 0 amide bonds. The lowest BCUT2D eigenvalue weighted by Crippen LogP contribution is -2.20. The highest BCUT2D eigenvalue weighted by Gasteiger charge is 2.21. The summed E-state index contributed by atoms with van der Waals surface area (Å²) < 4.78 is 1.96. The summed E-state index contributed by atoms with van der Waals surface area (Å²) in [5.74, 6) is 1.50. The molecule has 1 aromatic heterocycles. The zero-order valence-electron chi connectivity index (χ0n) is 9.41. The van der Waals surface area contributed by atoms with E-state index in [-0.39, 0.29) is 0 Å². The van der Waals surface area contributed by atoms with Gasteiger partial charge in [0.2, 0.25) is 0 Å². The molecule has 1 aliphatic heterocycles. The Morgan fingerprint density at radius 1 is 1.41 bits per heavy atom. The van der Waals surface area contributed by atoms with E-state index in [1.807, 2.05) is 22.9 Å². The fourth-order valence-corrected chi connectivity index (χ4v) is 2.40. The first-order chi connectivity index (χ1) is 8.36. The molecule has 0 saturated heterocycles. The molecule has 0 saturated carbocycles. The molecule has 0 radical (unpaired) electrons. The third-order valence-corrected chi connectivity index (χ3v) is 3.32. The van der Waals surface area contributed by atoms with Gasteiger partial charge in [0.15, 0.2) is 0 Å². The summed E-state index contributed by atoms with van der Waals surface area (Å²) in [4.78, 5) is 15.0. The third-order valence-electron chi connectivity index (χ3n) is 3.32. The fourth-order valence-electron chi connectivity index (χ4n) is 2.40. The van der Waals surface area contributed by atoms with Crippen LogP contribution in [0.3, 0.4) is 0 Å². The van der Waals surface area contributed by atoms with Gasteiger partial charge in [0.05, 0.1) is 0 Å². The van der Waals surface area contributed by atoms with Crippen LogP contribution in [0.4, 0.5) is 0 Å². The van der Waals surface area contributed by atoms with Gasteiger partial charge in [-0.15, -0.1) is 0 Å². The van der Waals surface area contributed by atoms with Gasteiger partial charge in [-0.05, 0) is 18.1 Å². The maximum absolute atomic E-state index is 10.8. The largest absolute Gasteiger partial charge is 0.298 e. The Kier molecular flexibility index (Phi) is 2.48. The summed E-state index contributed by atoms with van der Waals surface area (Å²) in [6.45, 7) is 0.859. The van der Waals surface area contributed by atoms with Gasteiger partial charge in [-0.2, -0.15) is 5.10 Å². The smallest absolute Gasteiger partial charge is 0.150 e. The van der Waals surface area contributed by atoms with E-state index in [2.05, 4.69) is 16.1 Å². The molecule has 17 heavy (non-hydrogen) atoms. The highest BCUT2D eigenvalue weighted by atomic mass is 16.1. The van der Waals surface area contributed by atoms with Gasteiger partial charge in [-0.3, -0.25) is 4.79 Å². The molecule has 1 atom stereocenters. The number of rotatable bonds is 2. The molecule has 0 bridgehead atoms. The number of aldehydes is 1. The molecular weight excluding hydrogens is 214 g/mol. The third kappa shape index (κ3) is 1.86. The lowest BCUT2D eigenvalue weighted by Gasteiger charge is -2.23. The van der Waals surface area contributed by atoms with E-state index < -0.39 is 0 Å². The summed E-state index contributed by atoms with van der Waals surface area (Å²) in [7, 11) is 0. The molecule has 4 nitrogen and oxygen atoms in total. The summed E-state index contributed by atoms with van der Waals surface area (Å²) in [5, 5.41) is 4.21. The topological polar surface area (TPSA) is 47.8 Å². The van der Waals surface area contributed by atoms with Crippen LogP contribution in [0.1, 0.15) is 34.1 Å². The van der Waals surface area contributed by atoms with Crippen LogP contribution >= 0.6 is 0 Å². The van der Waals surface area contributed by atoms with E-state index in [0.717, 1.165) is 37.1 Å². The van der Waals surface area contributed by atoms with E-state index in [4.69, 9.17) is 0 Å². The molecule has 1 aromatic carbocycles. The number of hydrogen-bond donors (Lipinski definition) is 0. The zero-order valence-corrected chi connectivity index (χ0v) is 9.41. The van der Waals surface area contributed by atoms with Crippen LogP contribution in [-0.2, 0) is 13.0 Å². The summed E-state index contributed by atoms with van der Waals surface area (Å²) in [6, 6.07) is 7.83. The number of aromatic nitrogens is 3. The number of benzene rings is 1. The lowest BCUT2D eigenvalue weighted by molar-refractivity contribution is 0.112. The molecule has 86 valence electrons. The van der Waals surface area contributed by atoms with E-state index in [1.165, 1.54) is 5.56 Å². The zero-order chi connectivity index (χ0) is 11.7. The van der Waals surface area contributed by atoms with Crippen LogP contribution in [0.15, 0.2) is 30.6 Å². The monoisotopic (exact) mass is 227 g/mol. The first-order valence-corrected chi connectivity index (χ1v) is 5.78. The van der Waals surface area contributed by atoms with Crippen molar-refractivity contribution in [2.45, 2.75) is 25.3 Å². The Morgan fingerprint density at radius 3 is 3.24 bits per heavy atom. The Hall–Kier alpha value is -1.97. The Labute approximate surface area is 99.3 Å². The van der Waals surface area contributed by atoms with Gasteiger partial charge >= 0.3 is 0 Å². The van der Waals surface area contributed by atoms with Crippen LogP contribution in [0.2, 0.25) is 0 Å². The van der Waals surface area contributed by atoms with Crippen LogP contribution in [0.25, 0.3) is 0 Å². The van der Waals surface area contributed by atoms with Crippen molar-refractivity contribution in [1.29, 1.82) is 0 Å². The van der Waals surface area contributed by atoms with Gasteiger partial charge in [0, 0.05) is 24.4 Å². The highest BCUT2D eigenvalue weighted by Crippen LogP contribution is 2.27. The second-order valence-electron chi connectivity index (χ2n) is 4.38. The summed E-state index contributed by atoms with van der Waals surface area (Å²) >= 11 is 0. The lowest BCUT2D eigenvalue weighted by atomic mass is 9.91. The van der Waals surface area contributed by atoms with Gasteiger partial charge < -0.3 is 0 Å². The SMILES string of the molecule is O=Cc1cccc(C2CCc3ncnn3C2)c1. The second kappa shape index (κ2) is 4.13. The Balaban J connectivity index is 1.88. The van der Waals surface area contributed by atoms with Crippen molar-refractivity contribution in [3.8, 4) is 0 Å². The minimum atomic E-state index is 0.434. The predicted octanol–water partition coefficient (Wildman–Crippen LogP) is 1.82. The van der Waals surface area contributed by atoms with Gasteiger partial charge in [0.25, 0.3) is 0 Å². The molecule has 3 rings (SSSR count). The molecule has 0 fully saturated rings. The van der Waals surface area contributed by atoms with E-state index in [1.54, 1.807) is 6.33 Å². The van der Waals surface area contributed by atoms with E-state index in [0.29, 0.717) is 5.92 Å². The van der Waals surface area contributed by atoms with Crippen LogP contribution in [-0.4, -0.2) is 21.1 Å². The highest BCUT2D eigenvalue weighted by molar-refractivity contribution is 5.75. The van der Waals surface area contributed by atoms with Gasteiger partial charge in [0.1, 0.15) is 18.4 Å². The molecule has 0 aliphatic carbocycles. The molecule has 1 unspecified atom stereocenters. The van der Waals surface area contributed by atoms with E-state index in [9.17, 15) is 4.79 Å². The number of aryl methyl sites for hydroxylation is 1. The maximum Gasteiger partial charge on any atom is 0.150 e. The quantitative estimate of drug-likeness (QED) is 0.735. The van der Waals surface area contributed by atoms with Crippen LogP contribution < -0.4 is 0 Å². The van der Waals surface area contributed by atoms with Crippen molar-refractivity contribution < 1.29 is 4.79 Å². The minimum Gasteiger partial charge on any atom is -0.298 e. The first-order valence-electron chi connectivity index (χ1n) is 5.78. The molecular formula is C13H13N3O. The number of carbonyl (C=O) groups is 1. The second-order valence-corrected chi connectivity index (χ2v) is 4.38. The molecule has 2 heterocycles. The van der Waals surface area contributed by atoms with Crippen LogP contribution in [0.5, 0.6) is 0 Å². The Morgan fingerprint density at radius 2 is 2.35 bits per heavy atom. The molecule has 0 spiro atoms. The molecule has 0 N–H and O–H groups in total. The maximum atomic E-state index is 10.8. The Bertz CT molecular complexity index is 547. The average molecular weight is 227 g/mol. The average Bonchev–Trinajstić information content (AvgIpc) is 2.86. The van der Waals surface area contributed by atoms with Crippen LogP contribution in [0, 0.1) is 0 Å². The normalized spacial score (nSPS) is 18.7. The van der Waals surface area contributed by atoms with Gasteiger partial charge in [-0.25, -0.2) is 9.67 Å². The summed E-state index contributed by atoms with van der Waals surface area (Å²) in [5.41, 5.74) is 1.96. The molecule has 4 heteroatoms. The van der Waals surface area contributed by atoms with Crippen molar-refractivity contribution in [3.05, 3.63) is 47.5 Å². The minimum absolute atomic E-state index is 0.434. The van der Waals surface area contributed by atoms with Gasteiger partial charge in [-0.1, -0.05) is 18.2 Å². The van der Waals surface area contributed by atoms with Crippen molar-refractivity contribution in [2.24, 2.45) is 0 Å². The standard InChI is InChI=1S/C13H13N3O/c17-8-10-2-1-3-11(6-10)12-4-5-13-14-9-15-16(13)7-12/h1-3,6,8-9,12H,4-5,7H2. The number of hydrogen-bond acceptors (Lipinski definition) is 3.